The van der Waals surface area contributed by atoms with Crippen molar-refractivity contribution >= 4 is 23.2 Å². The Labute approximate surface area is 133 Å². The average Bonchev–Trinajstić information content (AvgIpc) is 2.96. The van der Waals surface area contributed by atoms with Crippen molar-refractivity contribution in [3.63, 3.8) is 0 Å². The third-order valence-corrected chi connectivity index (χ3v) is 4.07. The van der Waals surface area contributed by atoms with Gasteiger partial charge in [-0.05, 0) is 34.7 Å². The number of carbonyl (C=O) groups excluding carboxylic acids is 1. The summed E-state index contributed by atoms with van der Waals surface area (Å²) in [5, 5.41) is 14.0. The van der Waals surface area contributed by atoms with Crippen molar-refractivity contribution < 1.29 is 14.7 Å². The number of carboxylic acids is 1. The second-order valence-electron chi connectivity index (χ2n) is 5.13. The van der Waals surface area contributed by atoms with Crippen LogP contribution in [0, 0.1) is 0 Å². The van der Waals surface area contributed by atoms with Crippen LogP contribution >= 0.6 is 11.3 Å². The molecule has 1 aromatic heterocycles. The van der Waals surface area contributed by atoms with Crippen LogP contribution < -0.4 is 5.32 Å². The first-order valence-electron chi connectivity index (χ1n) is 6.79. The minimum Gasteiger partial charge on any atom is -0.477 e. The second kappa shape index (κ2) is 7.20. The topological polar surface area (TPSA) is 69.6 Å². The maximum atomic E-state index is 11.9. The maximum absolute atomic E-state index is 11.9. The van der Waals surface area contributed by atoms with Gasteiger partial charge < -0.3 is 15.3 Å². The van der Waals surface area contributed by atoms with Crippen LogP contribution in [0.2, 0.25) is 0 Å². The number of nitrogens with one attached hydrogen (secondary N) is 1. The molecule has 0 atom stereocenters. The lowest BCUT2D eigenvalue weighted by atomic mass is 10.1. The van der Waals surface area contributed by atoms with Crippen LogP contribution in [0.15, 0.2) is 35.7 Å². The van der Waals surface area contributed by atoms with Crippen molar-refractivity contribution in [3.05, 3.63) is 57.3 Å². The summed E-state index contributed by atoms with van der Waals surface area (Å²) in [4.78, 5) is 24.6. The molecule has 1 heterocycles. The molecule has 0 fully saturated rings. The van der Waals surface area contributed by atoms with Gasteiger partial charge in [0.25, 0.3) is 5.91 Å². The van der Waals surface area contributed by atoms with Crippen molar-refractivity contribution in [2.24, 2.45) is 0 Å². The van der Waals surface area contributed by atoms with Crippen LogP contribution in [0.1, 0.15) is 31.2 Å². The smallest absolute Gasteiger partial charge is 0.345 e. The summed E-state index contributed by atoms with van der Waals surface area (Å²) in [5.41, 5.74) is 2.62. The van der Waals surface area contributed by atoms with E-state index in [0.717, 1.165) is 11.1 Å². The fourth-order valence-corrected chi connectivity index (χ4v) is 2.75. The van der Waals surface area contributed by atoms with Crippen molar-refractivity contribution in [3.8, 4) is 0 Å². The summed E-state index contributed by atoms with van der Waals surface area (Å²) in [7, 11) is 3.45. The fourth-order valence-electron chi connectivity index (χ4n) is 2.00. The Kier molecular flexibility index (Phi) is 5.30. The lowest BCUT2D eigenvalue weighted by Gasteiger charge is -2.11. The zero-order chi connectivity index (χ0) is 16.1. The van der Waals surface area contributed by atoms with Gasteiger partial charge >= 0.3 is 5.97 Å². The molecule has 5 nitrogen and oxygen atoms in total. The molecule has 22 heavy (non-hydrogen) atoms. The molecule has 116 valence electrons. The quantitative estimate of drug-likeness (QED) is 0.858. The highest BCUT2D eigenvalue weighted by Gasteiger charge is 2.09. The van der Waals surface area contributed by atoms with Gasteiger partial charge in [-0.3, -0.25) is 4.79 Å². The van der Waals surface area contributed by atoms with Gasteiger partial charge in [0.2, 0.25) is 0 Å². The molecule has 0 bridgehead atoms. The fraction of sp³-hybridized carbons (Fsp3) is 0.250. The normalized spacial score (nSPS) is 10.5. The third-order valence-electron chi connectivity index (χ3n) is 3.10. The largest absolute Gasteiger partial charge is 0.477 e. The minimum atomic E-state index is -0.897. The number of benzene rings is 1. The summed E-state index contributed by atoms with van der Waals surface area (Å²) < 4.78 is 0. The highest BCUT2D eigenvalue weighted by atomic mass is 32.1. The molecule has 6 heteroatoms. The van der Waals surface area contributed by atoms with E-state index < -0.39 is 5.97 Å². The number of carboxylic acid groups (broad SMARTS) is 1. The molecule has 0 unspecified atom stereocenters. The summed E-state index contributed by atoms with van der Waals surface area (Å²) in [6.07, 6.45) is 0. The highest BCUT2D eigenvalue weighted by Crippen LogP contribution is 2.14. The Morgan fingerprint density at radius 3 is 2.55 bits per heavy atom. The van der Waals surface area contributed by atoms with Crippen LogP contribution in [-0.4, -0.2) is 36.0 Å². The lowest BCUT2D eigenvalue weighted by Crippen LogP contribution is -2.22. The number of hydrogen-bond donors (Lipinski definition) is 2. The van der Waals surface area contributed by atoms with Crippen LogP contribution in [0.3, 0.4) is 0 Å². The van der Waals surface area contributed by atoms with Gasteiger partial charge in [-0.2, -0.15) is 0 Å². The van der Waals surface area contributed by atoms with E-state index in [4.69, 9.17) is 5.11 Å². The predicted octanol–water partition coefficient (Wildman–Crippen LogP) is 2.44. The predicted molar refractivity (Wildman–Crippen MR) is 86.3 cm³/mol. The maximum Gasteiger partial charge on any atom is 0.345 e. The number of aromatic carboxylic acids is 1. The summed E-state index contributed by atoms with van der Waals surface area (Å²) in [6, 6.07) is 9.15. The first kappa shape index (κ1) is 16.2. The number of nitrogens with zero attached hydrogens (tertiary/aromatic N) is 1. The van der Waals surface area contributed by atoms with Crippen molar-refractivity contribution in [1.82, 2.24) is 10.2 Å². The molecular weight excluding hydrogens is 300 g/mol. The van der Waals surface area contributed by atoms with Gasteiger partial charge in [-0.1, -0.05) is 12.1 Å². The first-order chi connectivity index (χ1) is 10.5. The lowest BCUT2D eigenvalue weighted by molar-refractivity contribution is 0.0701. The molecule has 2 rings (SSSR count). The van der Waals surface area contributed by atoms with Crippen LogP contribution in [0.25, 0.3) is 0 Å². The third kappa shape index (κ3) is 4.16. The second-order valence-corrected chi connectivity index (χ2v) is 6.04. The number of amides is 1. The minimum absolute atomic E-state index is 0.0224. The Morgan fingerprint density at radius 1 is 1.18 bits per heavy atom. The summed E-state index contributed by atoms with van der Waals surface area (Å²) in [5.74, 6) is -0.920. The van der Waals surface area contributed by atoms with Gasteiger partial charge in [0.15, 0.2) is 0 Å². The van der Waals surface area contributed by atoms with Crippen molar-refractivity contribution in [1.29, 1.82) is 0 Å². The number of rotatable bonds is 6. The van der Waals surface area contributed by atoms with E-state index in [2.05, 4.69) is 5.32 Å². The molecule has 0 radical (unpaired) electrons. The Hall–Kier alpha value is -2.18. The van der Waals surface area contributed by atoms with Crippen LogP contribution in [0.5, 0.6) is 0 Å². The SMILES string of the molecule is CN(C)C(=O)c1cccc(CNCc2csc(C(=O)O)c2)c1. The summed E-state index contributed by atoms with van der Waals surface area (Å²) >= 11 is 1.22. The standard InChI is InChI=1S/C16H18N2O3S/c1-18(2)15(19)13-5-3-4-11(6-13)8-17-9-12-7-14(16(20)21)22-10-12/h3-7,10,17H,8-9H2,1-2H3,(H,20,21). The molecule has 0 spiro atoms. The van der Waals surface area contributed by atoms with Gasteiger partial charge in [0.05, 0.1) is 0 Å². The van der Waals surface area contributed by atoms with Gasteiger partial charge in [-0.25, -0.2) is 4.79 Å². The molecule has 2 N–H and O–H groups in total. The Morgan fingerprint density at radius 2 is 1.91 bits per heavy atom. The number of thiophene rings is 1. The molecule has 0 saturated heterocycles. The molecule has 0 aliphatic carbocycles. The first-order valence-corrected chi connectivity index (χ1v) is 7.67. The zero-order valence-electron chi connectivity index (χ0n) is 12.5. The Bertz CT molecular complexity index is 680. The molecule has 2 aromatic rings. The molecule has 0 saturated carbocycles. The Balaban J connectivity index is 1.92. The molecule has 1 aromatic carbocycles. The van der Waals surface area contributed by atoms with E-state index in [1.54, 1.807) is 31.1 Å². The van der Waals surface area contributed by atoms with Gasteiger partial charge in [0.1, 0.15) is 4.88 Å². The van der Waals surface area contributed by atoms with E-state index in [1.807, 2.05) is 23.6 Å². The van der Waals surface area contributed by atoms with Crippen LogP contribution in [-0.2, 0) is 13.1 Å². The molecule has 1 amide bonds. The van der Waals surface area contributed by atoms with Crippen molar-refractivity contribution in [2.75, 3.05) is 14.1 Å². The number of carbonyl (C=O) groups is 2. The number of hydrogen-bond acceptors (Lipinski definition) is 4. The van der Waals surface area contributed by atoms with Crippen LogP contribution in [0.4, 0.5) is 0 Å². The van der Waals surface area contributed by atoms with E-state index >= 15 is 0 Å². The van der Waals surface area contributed by atoms with Crippen molar-refractivity contribution in [2.45, 2.75) is 13.1 Å². The molecule has 0 aliphatic heterocycles. The van der Waals surface area contributed by atoms with Gasteiger partial charge in [0, 0.05) is 32.7 Å². The van der Waals surface area contributed by atoms with E-state index in [-0.39, 0.29) is 5.91 Å². The highest BCUT2D eigenvalue weighted by molar-refractivity contribution is 7.12. The van der Waals surface area contributed by atoms with E-state index in [0.29, 0.717) is 23.5 Å². The molecular formula is C16H18N2O3S. The van der Waals surface area contributed by atoms with Gasteiger partial charge in [-0.15, -0.1) is 11.3 Å². The zero-order valence-corrected chi connectivity index (χ0v) is 13.3. The summed E-state index contributed by atoms with van der Waals surface area (Å²) in [6.45, 7) is 1.21. The van der Waals surface area contributed by atoms with E-state index in [1.165, 1.54) is 11.3 Å². The van der Waals surface area contributed by atoms with E-state index in [9.17, 15) is 9.59 Å². The monoisotopic (exact) mass is 318 g/mol. The molecule has 0 aliphatic rings. The average molecular weight is 318 g/mol.